The summed E-state index contributed by atoms with van der Waals surface area (Å²) >= 11 is 6.09. The van der Waals surface area contributed by atoms with E-state index in [4.69, 9.17) is 16.3 Å². The molecule has 31 heteroatoms. The van der Waals surface area contributed by atoms with Crippen molar-refractivity contribution >= 4 is 82.5 Å². The van der Waals surface area contributed by atoms with Crippen LogP contribution in [-0.2, 0) is 62.3 Å². The molecule has 0 aromatic heterocycles. The van der Waals surface area contributed by atoms with Gasteiger partial charge in [-0.05, 0) is 127 Å². The lowest BCUT2D eigenvalue weighted by molar-refractivity contribution is -0.184. The third kappa shape index (κ3) is 20.9. The number of fused-ring (bicyclic) bond motifs is 3. The number of halogens is 6. The molecule has 6 aliphatic rings. The minimum absolute atomic E-state index is 0.0203. The van der Waals surface area contributed by atoms with Gasteiger partial charge in [-0.3, -0.25) is 57.5 Å². The van der Waals surface area contributed by atoms with Crippen LogP contribution in [0.1, 0.15) is 176 Å². The van der Waals surface area contributed by atoms with Crippen LogP contribution in [0.3, 0.4) is 0 Å². The monoisotopic (exact) mass is 1500 g/mol. The maximum atomic E-state index is 15.5. The Morgan fingerprint density at radius 2 is 1.30 bits per heavy atom. The van der Waals surface area contributed by atoms with Crippen molar-refractivity contribution in [3.05, 3.63) is 12.2 Å². The van der Waals surface area contributed by atoms with E-state index in [0.717, 1.165) is 24.5 Å². The molecule has 3 N–H and O–H groups in total. The molecule has 0 radical (unpaired) electrons. The zero-order valence-corrected chi connectivity index (χ0v) is 64.2. The van der Waals surface area contributed by atoms with E-state index in [-0.39, 0.29) is 116 Å². The fraction of sp³-hybridized carbons (Fsp3) is 0.808. The molecule has 5 fully saturated rings. The number of ether oxygens (including phenoxy) is 1. The van der Waals surface area contributed by atoms with Gasteiger partial charge in [0.2, 0.25) is 70.9 Å². The van der Waals surface area contributed by atoms with Gasteiger partial charge in [0.15, 0.2) is 0 Å². The van der Waals surface area contributed by atoms with E-state index in [1.807, 2.05) is 13.8 Å². The molecule has 12 atom stereocenters. The van der Waals surface area contributed by atoms with Gasteiger partial charge in [0, 0.05) is 82.5 Å². The molecule has 0 aromatic carbocycles. The number of nitrogens with zero attached hydrogens (tertiary/aromatic N) is 9. The minimum atomic E-state index is -4.47. The maximum absolute atomic E-state index is 15.5. The van der Waals surface area contributed by atoms with Gasteiger partial charge in [-0.2, -0.15) is 13.2 Å². The molecular weight excluding hydrogens is 1380 g/mol. The molecule has 6 rings (SSSR count). The largest absolute Gasteiger partial charge is 0.391 e. The van der Waals surface area contributed by atoms with Crippen LogP contribution in [0, 0.1) is 29.6 Å². The van der Waals surface area contributed by atoms with Crippen LogP contribution in [0.15, 0.2) is 12.2 Å². The Bertz CT molecular complexity index is 3050. The molecule has 3 heterocycles. The van der Waals surface area contributed by atoms with E-state index in [1.165, 1.54) is 76.0 Å². The molecule has 2 unspecified atom stereocenters. The summed E-state index contributed by atoms with van der Waals surface area (Å²) in [5.41, 5.74) is -1.63. The van der Waals surface area contributed by atoms with E-state index in [9.17, 15) is 41.9 Å². The summed E-state index contributed by atoms with van der Waals surface area (Å²) in [5, 5.41) is 7.16. The Labute approximate surface area is 615 Å². The first-order valence-corrected chi connectivity index (χ1v) is 37.9. The summed E-state index contributed by atoms with van der Waals surface area (Å²) in [4.78, 5) is 191. The van der Waals surface area contributed by atoms with Crippen molar-refractivity contribution in [3.8, 4) is 0 Å². The van der Waals surface area contributed by atoms with Gasteiger partial charge in [0.25, 0.3) is 0 Å². The first kappa shape index (κ1) is 86.2. The number of alkyl halides is 6. The predicted molar refractivity (Wildman–Crippen MR) is 379 cm³/mol. The number of nitrogens with one attached hydrogen (secondary N) is 3. The highest BCUT2D eigenvalue weighted by Crippen LogP contribution is 2.42. The second kappa shape index (κ2) is 38.2. The average Bonchev–Trinajstić information content (AvgIpc) is 1.09. The molecule has 2 saturated heterocycles. The third-order valence-electron chi connectivity index (χ3n) is 23.0. The van der Waals surface area contributed by atoms with Crippen molar-refractivity contribution in [3.63, 3.8) is 0 Å². The number of carbonyl (C=O) groups excluding carboxylic acids is 12. The number of likely N-dealkylation sites (N-methyl/N-ethyl adjacent to an activating group) is 7. The maximum Gasteiger partial charge on any atom is 0.391 e. The van der Waals surface area contributed by atoms with Gasteiger partial charge >= 0.3 is 6.18 Å². The standard InChI is InChI=1S/C73H116ClF5N12O13/c1-15-24-52-63(95)81-61(43(6)16-2)69(101)85(10)42-59(94)87(12)53-25-21-20-22-34-90(68(53)100)56(37-44-26-29-47(30-27-44)73(77,78)79)67(99)84(9)41-57(92)80-51(31-28-45-35-49(75)60(74)50(76)36-45)65(97)91-40-48(104-19-5)38-54(91)64(96)82-72(32-23-33-72)71(103)89(14)62(46(17-3)18-4)70(102)88(13)55(66(98)83(7)8)39-58(93)86(52)11/h20-21,43-56,60-62H,15-19,22-42H2,1-14H3,(H,80,92)(H,81,95)(H,82,96)/b21-20-/t43-,44?,45?,47?,48+,49?,50?,51-,52-,53-,54-,55-,56-,60?,61-,62-/m0/s1. The van der Waals surface area contributed by atoms with Gasteiger partial charge in [-0.25, -0.2) is 8.78 Å². The highest BCUT2D eigenvalue weighted by atomic mass is 35.5. The second-order valence-electron chi connectivity index (χ2n) is 30.2. The summed E-state index contributed by atoms with van der Waals surface area (Å²) in [6.45, 7) is 9.15. The molecule has 25 nitrogen and oxygen atoms in total. The van der Waals surface area contributed by atoms with Crippen LogP contribution >= 0.6 is 11.6 Å². The van der Waals surface area contributed by atoms with Gasteiger partial charge in [-0.15, -0.1) is 11.6 Å². The molecule has 0 aromatic rings. The molecular formula is C73H116ClF5N12O13. The Balaban J connectivity index is 1.47. The molecule has 3 aliphatic heterocycles. The summed E-state index contributed by atoms with van der Waals surface area (Å²) in [7, 11) is 11.1. The van der Waals surface area contributed by atoms with Crippen molar-refractivity contribution in [1.29, 1.82) is 0 Å². The fourth-order valence-corrected chi connectivity index (χ4v) is 16.1. The van der Waals surface area contributed by atoms with Crippen LogP contribution in [0.4, 0.5) is 22.0 Å². The van der Waals surface area contributed by atoms with E-state index in [1.54, 1.807) is 39.8 Å². The highest BCUT2D eigenvalue weighted by Gasteiger charge is 2.54. The Hall–Kier alpha value is -6.72. The first-order chi connectivity index (χ1) is 48.9. The third-order valence-corrected chi connectivity index (χ3v) is 23.5. The summed E-state index contributed by atoms with van der Waals surface area (Å²) < 4.78 is 78.9. The van der Waals surface area contributed by atoms with E-state index in [0.29, 0.717) is 32.1 Å². The lowest BCUT2D eigenvalue weighted by Crippen LogP contribution is -2.68. The van der Waals surface area contributed by atoms with Crippen LogP contribution in [0.2, 0.25) is 0 Å². The summed E-state index contributed by atoms with van der Waals surface area (Å²) in [5.74, 6) is -12.7. The topological polar surface area (TPSA) is 279 Å². The van der Waals surface area contributed by atoms with Crippen LogP contribution in [0.25, 0.3) is 0 Å². The molecule has 3 aliphatic carbocycles. The Kier molecular flexibility index (Phi) is 31.7. The van der Waals surface area contributed by atoms with Crippen molar-refractivity contribution in [2.75, 3.05) is 89.2 Å². The second-order valence-corrected chi connectivity index (χ2v) is 30.7. The fourth-order valence-electron chi connectivity index (χ4n) is 15.9. The Morgan fingerprint density at radius 1 is 0.673 bits per heavy atom. The molecule has 1 spiro atoms. The van der Waals surface area contributed by atoms with Crippen molar-refractivity contribution in [1.82, 2.24) is 60.0 Å². The van der Waals surface area contributed by atoms with E-state index in [2.05, 4.69) is 16.0 Å². The van der Waals surface area contributed by atoms with Gasteiger partial charge in [-0.1, -0.05) is 72.5 Å². The molecule has 2 bridgehead atoms. The van der Waals surface area contributed by atoms with E-state index >= 15 is 37.5 Å². The lowest BCUT2D eigenvalue weighted by Gasteiger charge is -2.47. The number of rotatable bonds is 15. The summed E-state index contributed by atoms with van der Waals surface area (Å²) in [6, 6.07) is -10.9. The Morgan fingerprint density at radius 3 is 1.86 bits per heavy atom. The molecule has 104 heavy (non-hydrogen) atoms. The molecule has 3 saturated carbocycles. The first-order valence-electron chi connectivity index (χ1n) is 37.5. The van der Waals surface area contributed by atoms with Crippen LogP contribution in [0.5, 0.6) is 0 Å². The normalized spacial score (nSPS) is 31.6. The summed E-state index contributed by atoms with van der Waals surface area (Å²) in [6.07, 6.45) is -4.74. The quantitative estimate of drug-likeness (QED) is 0.0998. The van der Waals surface area contributed by atoms with Gasteiger partial charge in [0.1, 0.15) is 66.2 Å². The van der Waals surface area contributed by atoms with E-state index < -0.39 is 204 Å². The SMILES string of the molecule is CCC[C@H]1C(=O)N[C@@H]([C@@H](C)CC)C(=O)N(C)CC(=O)N(C)[C@H]2C/C=C\CCN(C2=O)[C@@H](CC2CCC(C(F)(F)F)CC2)C(=O)N(C)CC(=O)N[C@@H](CCC2CC(F)C(Cl)C(F)C2)C(=O)N2C[C@H](OCC)C[C@H]2C(=O)NC2(CCC2)C(=O)N(C)[C@@H](C(CC)CC)C(=O)N(C)[C@H](C(=O)N(C)C)CC(=O)N1C. The van der Waals surface area contributed by atoms with Crippen LogP contribution < -0.4 is 16.0 Å². The number of hydrogen-bond acceptors (Lipinski definition) is 13. The number of carbonyl (C=O) groups is 12. The predicted octanol–water partition coefficient (Wildman–Crippen LogP) is 5.78. The zero-order valence-electron chi connectivity index (χ0n) is 63.5. The molecule has 588 valence electrons. The smallest absolute Gasteiger partial charge is 0.377 e. The lowest BCUT2D eigenvalue weighted by atomic mass is 9.74. The van der Waals surface area contributed by atoms with Gasteiger partial charge < -0.3 is 64.8 Å². The van der Waals surface area contributed by atoms with Gasteiger partial charge in [0.05, 0.1) is 36.9 Å². The molecule has 12 amide bonds. The minimum Gasteiger partial charge on any atom is -0.377 e. The highest BCUT2D eigenvalue weighted by molar-refractivity contribution is 6.21. The zero-order chi connectivity index (χ0) is 77.6. The number of hydrogen-bond donors (Lipinski definition) is 3. The van der Waals surface area contributed by atoms with Crippen molar-refractivity contribution < 1.29 is 84.2 Å². The number of amides is 12. The van der Waals surface area contributed by atoms with Crippen molar-refractivity contribution in [2.24, 2.45) is 29.6 Å². The van der Waals surface area contributed by atoms with Crippen molar-refractivity contribution in [2.45, 2.75) is 260 Å². The van der Waals surface area contributed by atoms with Crippen LogP contribution in [-0.4, -0.2) is 288 Å². The average molecular weight is 1500 g/mol.